The molecule has 2 N–H and O–H groups in total. The Balaban J connectivity index is 3.37. The van der Waals surface area contributed by atoms with Gasteiger partial charge in [0, 0.05) is 5.56 Å². The monoisotopic (exact) mass is 223 g/mol. The molecule has 0 spiro atoms. The van der Waals surface area contributed by atoms with Crippen LogP contribution in [0.1, 0.15) is 11.1 Å². The van der Waals surface area contributed by atoms with Crippen molar-refractivity contribution >= 4 is 17.2 Å². The number of hydrogen-bond acceptors (Lipinski definition) is 1. The van der Waals surface area contributed by atoms with E-state index in [4.69, 9.17) is 5.73 Å². The first-order valence-corrected chi connectivity index (χ1v) is 3.90. The fourth-order valence-electron chi connectivity index (χ4n) is 0.968. The van der Waals surface area contributed by atoms with Gasteiger partial charge in [-0.3, -0.25) is 0 Å². The smallest absolute Gasteiger partial charge is 0.389 e. The summed E-state index contributed by atoms with van der Waals surface area (Å²) in [4.78, 5) is -0.475. The summed E-state index contributed by atoms with van der Waals surface area (Å²) in [5, 5.41) is 0. The highest BCUT2D eigenvalue weighted by atomic mass is 32.1. The Labute approximate surface area is 82.5 Å². The van der Waals surface area contributed by atoms with Crippen LogP contribution in [0.5, 0.6) is 0 Å². The number of halogens is 4. The second-order valence-electron chi connectivity index (χ2n) is 2.55. The number of thiocarbonyl (C=S) groups is 1. The Bertz CT molecular complexity index is 372. The van der Waals surface area contributed by atoms with Crippen LogP contribution in [0.15, 0.2) is 18.2 Å². The van der Waals surface area contributed by atoms with Crippen LogP contribution in [-0.2, 0) is 6.18 Å². The third-order valence-electron chi connectivity index (χ3n) is 1.55. The molecule has 0 atom stereocenters. The van der Waals surface area contributed by atoms with E-state index in [0.717, 1.165) is 0 Å². The summed E-state index contributed by atoms with van der Waals surface area (Å²) >= 11 is 4.39. The van der Waals surface area contributed by atoms with Gasteiger partial charge in [-0.15, -0.1) is 0 Å². The predicted octanol–water partition coefficient (Wildman–Crippen LogP) is 2.48. The molecule has 0 fully saturated rings. The van der Waals surface area contributed by atoms with E-state index in [2.05, 4.69) is 12.2 Å². The average Bonchev–Trinajstić information content (AvgIpc) is 2.01. The molecule has 1 nitrogen and oxygen atoms in total. The van der Waals surface area contributed by atoms with Gasteiger partial charge in [0.1, 0.15) is 10.8 Å². The Morgan fingerprint density at radius 1 is 1.29 bits per heavy atom. The number of rotatable bonds is 1. The van der Waals surface area contributed by atoms with E-state index in [1.165, 1.54) is 0 Å². The molecule has 14 heavy (non-hydrogen) atoms. The van der Waals surface area contributed by atoms with Gasteiger partial charge < -0.3 is 5.73 Å². The van der Waals surface area contributed by atoms with E-state index in [1.54, 1.807) is 0 Å². The maximum atomic E-state index is 12.6. The Kier molecular flexibility index (Phi) is 2.75. The molecule has 0 saturated heterocycles. The van der Waals surface area contributed by atoms with Crippen molar-refractivity contribution in [2.75, 3.05) is 0 Å². The van der Waals surface area contributed by atoms with Gasteiger partial charge in [0.15, 0.2) is 0 Å². The van der Waals surface area contributed by atoms with Crippen molar-refractivity contribution in [3.05, 3.63) is 35.1 Å². The van der Waals surface area contributed by atoms with Crippen molar-refractivity contribution in [3.63, 3.8) is 0 Å². The lowest BCUT2D eigenvalue weighted by Gasteiger charge is -2.11. The van der Waals surface area contributed by atoms with Crippen LogP contribution in [0.2, 0.25) is 0 Å². The van der Waals surface area contributed by atoms with Gasteiger partial charge in [-0.1, -0.05) is 12.2 Å². The van der Waals surface area contributed by atoms with Crippen LogP contribution in [0.4, 0.5) is 17.6 Å². The molecule has 1 rings (SSSR count). The van der Waals surface area contributed by atoms with E-state index in [1.807, 2.05) is 0 Å². The van der Waals surface area contributed by atoms with E-state index in [0.29, 0.717) is 18.2 Å². The topological polar surface area (TPSA) is 26.0 Å². The molecule has 0 aromatic heterocycles. The largest absolute Gasteiger partial charge is 0.417 e. The normalized spacial score (nSPS) is 11.4. The SMILES string of the molecule is NC(=S)c1cc(F)ccc1C(F)(F)F. The maximum absolute atomic E-state index is 12.6. The second-order valence-corrected chi connectivity index (χ2v) is 2.99. The molecule has 0 saturated carbocycles. The zero-order valence-corrected chi connectivity index (χ0v) is 7.55. The highest BCUT2D eigenvalue weighted by Gasteiger charge is 2.33. The molecule has 6 heteroatoms. The van der Waals surface area contributed by atoms with Crippen LogP contribution in [0, 0.1) is 5.82 Å². The van der Waals surface area contributed by atoms with E-state index in [-0.39, 0.29) is 0 Å². The van der Waals surface area contributed by atoms with Crippen molar-refractivity contribution in [3.8, 4) is 0 Å². The minimum atomic E-state index is -4.58. The fourth-order valence-corrected chi connectivity index (χ4v) is 1.14. The summed E-state index contributed by atoms with van der Waals surface area (Å²) in [5.41, 5.74) is 3.53. The first-order valence-electron chi connectivity index (χ1n) is 3.49. The zero-order valence-electron chi connectivity index (χ0n) is 6.73. The standard InChI is InChI=1S/C8H5F4NS/c9-4-1-2-6(8(10,11)12)5(3-4)7(13)14/h1-3H,(H2,13,14). The molecular formula is C8H5F4NS. The first-order chi connectivity index (χ1) is 6.32. The lowest BCUT2D eigenvalue weighted by Crippen LogP contribution is -2.18. The average molecular weight is 223 g/mol. The van der Waals surface area contributed by atoms with Gasteiger partial charge in [-0.2, -0.15) is 13.2 Å². The Hall–Kier alpha value is -1.17. The number of alkyl halides is 3. The lowest BCUT2D eigenvalue weighted by atomic mass is 10.1. The molecule has 0 unspecified atom stereocenters. The molecule has 0 bridgehead atoms. The highest BCUT2D eigenvalue weighted by molar-refractivity contribution is 7.80. The highest BCUT2D eigenvalue weighted by Crippen LogP contribution is 2.32. The minimum Gasteiger partial charge on any atom is -0.389 e. The van der Waals surface area contributed by atoms with Crippen molar-refractivity contribution in [2.45, 2.75) is 6.18 Å². The van der Waals surface area contributed by atoms with Crippen LogP contribution in [0.25, 0.3) is 0 Å². The summed E-state index contributed by atoms with van der Waals surface area (Å²) in [6, 6.07) is 2.00. The third-order valence-corrected chi connectivity index (χ3v) is 1.77. The lowest BCUT2D eigenvalue weighted by molar-refractivity contribution is -0.137. The van der Waals surface area contributed by atoms with Crippen molar-refractivity contribution in [2.24, 2.45) is 5.73 Å². The molecule has 1 aromatic carbocycles. The van der Waals surface area contributed by atoms with Crippen LogP contribution >= 0.6 is 12.2 Å². The van der Waals surface area contributed by atoms with Crippen molar-refractivity contribution in [1.29, 1.82) is 0 Å². The number of nitrogens with two attached hydrogens (primary N) is 1. The van der Waals surface area contributed by atoms with Gasteiger partial charge in [0.25, 0.3) is 0 Å². The molecule has 0 amide bonds. The van der Waals surface area contributed by atoms with Crippen molar-refractivity contribution in [1.82, 2.24) is 0 Å². The summed E-state index contributed by atoms with van der Waals surface area (Å²) in [5.74, 6) is -0.805. The molecule has 0 aliphatic carbocycles. The van der Waals surface area contributed by atoms with Gasteiger partial charge in [0.05, 0.1) is 5.56 Å². The Morgan fingerprint density at radius 2 is 1.86 bits per heavy atom. The van der Waals surface area contributed by atoms with Gasteiger partial charge in [0.2, 0.25) is 0 Å². The van der Waals surface area contributed by atoms with E-state index in [9.17, 15) is 17.6 Å². The molecule has 0 aliphatic rings. The molecule has 1 aromatic rings. The Morgan fingerprint density at radius 3 is 2.29 bits per heavy atom. The quantitative estimate of drug-likeness (QED) is 0.584. The molecule has 76 valence electrons. The van der Waals surface area contributed by atoms with Crippen LogP contribution in [0.3, 0.4) is 0 Å². The summed E-state index contributed by atoms with van der Waals surface area (Å²) in [6.45, 7) is 0. The van der Waals surface area contributed by atoms with Gasteiger partial charge in [-0.25, -0.2) is 4.39 Å². The maximum Gasteiger partial charge on any atom is 0.417 e. The second kappa shape index (κ2) is 3.53. The first kappa shape index (κ1) is 10.9. The van der Waals surface area contributed by atoms with Crippen molar-refractivity contribution < 1.29 is 17.6 Å². The predicted molar refractivity (Wildman–Crippen MR) is 47.3 cm³/mol. The third kappa shape index (κ3) is 2.20. The number of benzene rings is 1. The molecule has 0 aliphatic heterocycles. The zero-order chi connectivity index (χ0) is 10.9. The fraction of sp³-hybridized carbons (Fsp3) is 0.125. The minimum absolute atomic E-state index is 0.475. The van der Waals surface area contributed by atoms with Crippen LogP contribution in [-0.4, -0.2) is 4.99 Å². The summed E-state index contributed by atoms with van der Waals surface area (Å²) in [7, 11) is 0. The summed E-state index contributed by atoms with van der Waals surface area (Å²) < 4.78 is 49.5. The van der Waals surface area contributed by atoms with E-state index < -0.39 is 28.1 Å². The number of hydrogen-bond donors (Lipinski definition) is 1. The molecular weight excluding hydrogens is 218 g/mol. The summed E-state index contributed by atoms with van der Waals surface area (Å²) in [6.07, 6.45) is -4.58. The van der Waals surface area contributed by atoms with Crippen LogP contribution < -0.4 is 5.73 Å². The van der Waals surface area contributed by atoms with Gasteiger partial charge >= 0.3 is 6.18 Å². The van der Waals surface area contributed by atoms with Gasteiger partial charge in [-0.05, 0) is 18.2 Å². The molecule has 0 heterocycles. The molecule has 0 radical (unpaired) electrons. The van der Waals surface area contributed by atoms with E-state index >= 15 is 0 Å².